The Morgan fingerprint density at radius 2 is 1.95 bits per heavy atom. The highest BCUT2D eigenvalue weighted by Gasteiger charge is 2.26. The molecule has 1 atom stereocenters. The smallest absolute Gasteiger partial charge is 0.0645 e. The Hall–Kier alpha value is -1.65. The van der Waals surface area contributed by atoms with Crippen LogP contribution in [0.5, 0.6) is 0 Å². The largest absolute Gasteiger partial charge is 0.271 e. The van der Waals surface area contributed by atoms with Gasteiger partial charge in [0.15, 0.2) is 0 Å². The van der Waals surface area contributed by atoms with Crippen LogP contribution in [0.3, 0.4) is 0 Å². The normalized spacial score (nSPS) is 17.7. The quantitative estimate of drug-likeness (QED) is 0.653. The minimum Gasteiger partial charge on any atom is -0.271 e. The average Bonchev–Trinajstić information content (AvgIpc) is 3.12. The molecule has 1 heterocycles. The Labute approximate surface area is 113 Å². The second-order valence-electron chi connectivity index (χ2n) is 5.24. The van der Waals surface area contributed by atoms with E-state index in [1.807, 2.05) is 29.1 Å². The number of rotatable bonds is 4. The zero-order valence-corrected chi connectivity index (χ0v) is 11.0. The van der Waals surface area contributed by atoms with Crippen LogP contribution in [-0.2, 0) is 0 Å². The lowest BCUT2D eigenvalue weighted by atomic mass is 9.94. The van der Waals surface area contributed by atoms with Crippen molar-refractivity contribution >= 4 is 0 Å². The summed E-state index contributed by atoms with van der Waals surface area (Å²) in [5, 5.41) is 4.45. The molecule has 3 rings (SSSR count). The van der Waals surface area contributed by atoms with Gasteiger partial charge in [0.05, 0.1) is 17.9 Å². The second-order valence-corrected chi connectivity index (χ2v) is 5.24. The number of hydrazine groups is 1. The molecule has 2 aromatic rings. The minimum absolute atomic E-state index is 0.222. The van der Waals surface area contributed by atoms with Crippen molar-refractivity contribution in [1.82, 2.24) is 15.2 Å². The maximum absolute atomic E-state index is 5.75. The fraction of sp³-hybridized carbons (Fsp3) is 0.400. The van der Waals surface area contributed by atoms with Crippen LogP contribution in [0, 0.1) is 5.92 Å². The van der Waals surface area contributed by atoms with Gasteiger partial charge in [-0.05, 0) is 30.9 Å². The van der Waals surface area contributed by atoms with E-state index in [1.165, 1.54) is 31.2 Å². The molecular formula is C15H20N4. The van der Waals surface area contributed by atoms with Crippen molar-refractivity contribution in [2.24, 2.45) is 11.8 Å². The first kappa shape index (κ1) is 12.4. The minimum atomic E-state index is 0.222. The molecular weight excluding hydrogens is 236 g/mol. The number of hydrogen-bond acceptors (Lipinski definition) is 3. The average molecular weight is 256 g/mol. The summed E-state index contributed by atoms with van der Waals surface area (Å²) < 4.78 is 1.91. The van der Waals surface area contributed by atoms with Crippen molar-refractivity contribution in [2.45, 2.75) is 31.7 Å². The number of para-hydroxylation sites is 1. The van der Waals surface area contributed by atoms with Crippen LogP contribution in [0.2, 0.25) is 0 Å². The summed E-state index contributed by atoms with van der Waals surface area (Å²) in [4.78, 5) is 0. The molecule has 1 aliphatic rings. The zero-order valence-electron chi connectivity index (χ0n) is 11.0. The lowest BCUT2D eigenvalue weighted by molar-refractivity contribution is 0.373. The molecule has 1 aromatic heterocycles. The summed E-state index contributed by atoms with van der Waals surface area (Å²) in [6.45, 7) is 0. The van der Waals surface area contributed by atoms with Crippen LogP contribution < -0.4 is 11.3 Å². The van der Waals surface area contributed by atoms with Gasteiger partial charge in [-0.15, -0.1) is 0 Å². The van der Waals surface area contributed by atoms with Crippen LogP contribution in [0.4, 0.5) is 0 Å². The lowest BCUT2D eigenvalue weighted by Crippen LogP contribution is -2.32. The third-order valence-electron chi connectivity index (χ3n) is 4.03. The Balaban J connectivity index is 1.83. The predicted molar refractivity (Wildman–Crippen MR) is 75.6 cm³/mol. The summed E-state index contributed by atoms with van der Waals surface area (Å²) in [6, 6.07) is 10.4. The van der Waals surface area contributed by atoms with Crippen molar-refractivity contribution in [3.8, 4) is 5.69 Å². The fourth-order valence-corrected chi connectivity index (χ4v) is 3.01. The topological polar surface area (TPSA) is 55.9 Å². The number of benzene rings is 1. The van der Waals surface area contributed by atoms with Crippen LogP contribution in [-0.4, -0.2) is 9.78 Å². The van der Waals surface area contributed by atoms with Crippen molar-refractivity contribution in [1.29, 1.82) is 0 Å². The molecule has 0 aliphatic heterocycles. The van der Waals surface area contributed by atoms with E-state index < -0.39 is 0 Å². The predicted octanol–water partition coefficient (Wildman–Crippen LogP) is 2.57. The molecule has 3 N–H and O–H groups in total. The van der Waals surface area contributed by atoms with Gasteiger partial charge in [0.25, 0.3) is 0 Å². The van der Waals surface area contributed by atoms with Crippen molar-refractivity contribution in [2.75, 3.05) is 0 Å². The van der Waals surface area contributed by atoms with Gasteiger partial charge in [0.1, 0.15) is 0 Å². The molecule has 1 fully saturated rings. The van der Waals surface area contributed by atoms with Gasteiger partial charge in [-0.3, -0.25) is 11.3 Å². The maximum atomic E-state index is 5.75. The summed E-state index contributed by atoms with van der Waals surface area (Å²) in [6.07, 6.45) is 9.15. The third kappa shape index (κ3) is 2.55. The molecule has 0 amide bonds. The Morgan fingerprint density at radius 1 is 1.21 bits per heavy atom. The SMILES string of the molecule is NNC(c1cnn(-c2ccccc2)c1)C1CCCC1. The van der Waals surface area contributed by atoms with E-state index in [-0.39, 0.29) is 6.04 Å². The van der Waals surface area contributed by atoms with E-state index in [0.29, 0.717) is 5.92 Å². The van der Waals surface area contributed by atoms with Gasteiger partial charge in [-0.2, -0.15) is 5.10 Å². The Kier molecular flexibility index (Phi) is 3.62. The molecule has 1 saturated carbocycles. The molecule has 0 radical (unpaired) electrons. The second kappa shape index (κ2) is 5.55. The number of nitrogens with two attached hydrogens (primary N) is 1. The standard InChI is InChI=1S/C15H20N4/c16-18-15(12-6-4-5-7-12)13-10-17-19(11-13)14-8-2-1-3-9-14/h1-3,8-12,15,18H,4-7,16H2. The molecule has 19 heavy (non-hydrogen) atoms. The first-order valence-electron chi connectivity index (χ1n) is 6.94. The first-order valence-corrected chi connectivity index (χ1v) is 6.94. The van der Waals surface area contributed by atoms with Crippen LogP contribution in [0.25, 0.3) is 5.69 Å². The maximum Gasteiger partial charge on any atom is 0.0645 e. The molecule has 1 aliphatic carbocycles. The van der Waals surface area contributed by atoms with Gasteiger partial charge >= 0.3 is 0 Å². The highest BCUT2D eigenvalue weighted by molar-refractivity contribution is 5.31. The van der Waals surface area contributed by atoms with Crippen molar-refractivity contribution < 1.29 is 0 Å². The van der Waals surface area contributed by atoms with Crippen LogP contribution in [0.1, 0.15) is 37.3 Å². The van der Waals surface area contributed by atoms with E-state index >= 15 is 0 Å². The van der Waals surface area contributed by atoms with Gasteiger partial charge < -0.3 is 0 Å². The Bertz CT molecular complexity index is 514. The molecule has 0 bridgehead atoms. The summed E-state index contributed by atoms with van der Waals surface area (Å²) in [5.74, 6) is 6.38. The van der Waals surface area contributed by atoms with Gasteiger partial charge in [0, 0.05) is 11.8 Å². The molecule has 0 saturated heterocycles. The highest BCUT2D eigenvalue weighted by atomic mass is 15.3. The number of nitrogens with zero attached hydrogens (tertiary/aromatic N) is 2. The van der Waals surface area contributed by atoms with E-state index in [2.05, 4.69) is 28.9 Å². The van der Waals surface area contributed by atoms with Crippen LogP contribution >= 0.6 is 0 Å². The molecule has 100 valence electrons. The first-order chi connectivity index (χ1) is 9.38. The summed E-state index contributed by atoms with van der Waals surface area (Å²) in [5.41, 5.74) is 5.23. The van der Waals surface area contributed by atoms with Gasteiger partial charge in [0.2, 0.25) is 0 Å². The monoisotopic (exact) mass is 256 g/mol. The highest BCUT2D eigenvalue weighted by Crippen LogP contribution is 2.35. The lowest BCUT2D eigenvalue weighted by Gasteiger charge is -2.21. The van der Waals surface area contributed by atoms with Gasteiger partial charge in [-0.1, -0.05) is 31.0 Å². The molecule has 1 aromatic carbocycles. The fourth-order valence-electron chi connectivity index (χ4n) is 3.01. The van der Waals surface area contributed by atoms with E-state index in [9.17, 15) is 0 Å². The van der Waals surface area contributed by atoms with Crippen molar-refractivity contribution in [3.05, 3.63) is 48.3 Å². The van der Waals surface area contributed by atoms with E-state index in [0.717, 1.165) is 5.69 Å². The molecule has 4 nitrogen and oxygen atoms in total. The van der Waals surface area contributed by atoms with E-state index in [1.54, 1.807) is 0 Å². The number of nitrogens with one attached hydrogen (secondary N) is 1. The summed E-state index contributed by atoms with van der Waals surface area (Å²) in [7, 11) is 0. The van der Waals surface area contributed by atoms with Crippen molar-refractivity contribution in [3.63, 3.8) is 0 Å². The summed E-state index contributed by atoms with van der Waals surface area (Å²) >= 11 is 0. The number of hydrogen-bond donors (Lipinski definition) is 2. The molecule has 4 heteroatoms. The zero-order chi connectivity index (χ0) is 13.1. The third-order valence-corrected chi connectivity index (χ3v) is 4.03. The molecule has 0 spiro atoms. The van der Waals surface area contributed by atoms with Gasteiger partial charge in [-0.25, -0.2) is 4.68 Å². The Morgan fingerprint density at radius 3 is 2.63 bits per heavy atom. The van der Waals surface area contributed by atoms with E-state index in [4.69, 9.17) is 5.84 Å². The number of aromatic nitrogens is 2. The molecule has 1 unspecified atom stereocenters. The van der Waals surface area contributed by atoms with Crippen LogP contribution in [0.15, 0.2) is 42.7 Å².